The Labute approximate surface area is 121 Å². The molecule has 1 aromatic carbocycles. The van der Waals surface area contributed by atoms with Gasteiger partial charge in [-0.15, -0.1) is 0 Å². The number of hydrogen-bond donors (Lipinski definition) is 3. The van der Waals surface area contributed by atoms with Crippen molar-refractivity contribution in [1.29, 1.82) is 0 Å². The number of hydrogen-bond acceptors (Lipinski definition) is 3. The molecular weight excluding hydrogens is 276 g/mol. The standard InChI is InChI=1S/C15H19F2N3O/c16-15(17,10-21)14(20-7-5-18-6-8-20)12-2-1-11-3-4-19-13(11)9-12/h1-4,9,14,18-19,21H,5-8,10H2/t14-/m1/s1. The third kappa shape index (κ3) is 2.79. The van der Waals surface area contributed by atoms with Crippen LogP contribution >= 0.6 is 0 Å². The molecule has 1 aliphatic heterocycles. The molecule has 0 radical (unpaired) electrons. The van der Waals surface area contributed by atoms with Crippen LogP contribution in [0.4, 0.5) is 8.78 Å². The lowest BCUT2D eigenvalue weighted by Gasteiger charge is -2.38. The zero-order valence-corrected chi connectivity index (χ0v) is 11.6. The van der Waals surface area contributed by atoms with Crippen LogP contribution in [-0.4, -0.2) is 53.7 Å². The molecule has 2 heterocycles. The Kier molecular flexibility index (Phi) is 3.93. The highest BCUT2D eigenvalue weighted by molar-refractivity contribution is 5.80. The topological polar surface area (TPSA) is 51.3 Å². The fraction of sp³-hybridized carbons (Fsp3) is 0.467. The molecule has 1 aliphatic rings. The highest BCUT2D eigenvalue weighted by Gasteiger charge is 2.44. The number of rotatable bonds is 4. The monoisotopic (exact) mass is 295 g/mol. The largest absolute Gasteiger partial charge is 0.390 e. The summed E-state index contributed by atoms with van der Waals surface area (Å²) in [5, 5.41) is 13.3. The first-order valence-corrected chi connectivity index (χ1v) is 7.12. The molecule has 6 heteroatoms. The van der Waals surface area contributed by atoms with Crippen molar-refractivity contribution in [3.05, 3.63) is 36.0 Å². The Hall–Kier alpha value is -1.50. The lowest BCUT2D eigenvalue weighted by atomic mass is 9.97. The van der Waals surface area contributed by atoms with Crippen LogP contribution in [0.3, 0.4) is 0 Å². The first-order valence-electron chi connectivity index (χ1n) is 7.12. The molecule has 4 nitrogen and oxygen atoms in total. The predicted molar refractivity (Wildman–Crippen MR) is 77.5 cm³/mol. The second-order valence-corrected chi connectivity index (χ2v) is 5.43. The van der Waals surface area contributed by atoms with E-state index in [9.17, 15) is 8.78 Å². The number of aromatic amines is 1. The molecule has 0 unspecified atom stereocenters. The van der Waals surface area contributed by atoms with Crippen molar-refractivity contribution in [1.82, 2.24) is 15.2 Å². The summed E-state index contributed by atoms with van der Waals surface area (Å²) in [4.78, 5) is 4.80. The van der Waals surface area contributed by atoms with Crippen molar-refractivity contribution in [2.24, 2.45) is 0 Å². The lowest BCUT2D eigenvalue weighted by Crippen LogP contribution is -2.51. The van der Waals surface area contributed by atoms with E-state index in [1.54, 1.807) is 23.2 Å². The molecule has 1 aromatic heterocycles. The van der Waals surface area contributed by atoms with Gasteiger partial charge in [0, 0.05) is 37.9 Å². The predicted octanol–water partition coefficient (Wildman–Crippen LogP) is 1.74. The third-order valence-electron chi connectivity index (χ3n) is 4.02. The van der Waals surface area contributed by atoms with E-state index in [0.717, 1.165) is 10.9 Å². The highest BCUT2D eigenvalue weighted by atomic mass is 19.3. The smallest absolute Gasteiger partial charge is 0.289 e. The average molecular weight is 295 g/mol. The second kappa shape index (κ2) is 5.71. The number of aromatic nitrogens is 1. The van der Waals surface area contributed by atoms with E-state index in [-0.39, 0.29) is 0 Å². The van der Waals surface area contributed by atoms with Gasteiger partial charge in [-0.25, -0.2) is 8.78 Å². The SMILES string of the molecule is OCC(F)(F)[C@@H](c1ccc2cc[nH]c2c1)N1CCNCC1. The van der Waals surface area contributed by atoms with Crippen LogP contribution in [0.15, 0.2) is 30.5 Å². The minimum atomic E-state index is -3.17. The van der Waals surface area contributed by atoms with Gasteiger partial charge < -0.3 is 15.4 Å². The summed E-state index contributed by atoms with van der Waals surface area (Å²) in [7, 11) is 0. The number of aliphatic hydroxyl groups excluding tert-OH is 1. The van der Waals surface area contributed by atoms with Crippen molar-refractivity contribution in [2.45, 2.75) is 12.0 Å². The fourth-order valence-electron chi connectivity index (χ4n) is 2.98. The van der Waals surface area contributed by atoms with Crippen LogP contribution in [-0.2, 0) is 0 Å². The minimum absolute atomic E-state index is 0.533. The van der Waals surface area contributed by atoms with E-state index >= 15 is 0 Å². The number of aliphatic hydroxyl groups is 1. The van der Waals surface area contributed by atoms with E-state index < -0.39 is 18.6 Å². The first kappa shape index (κ1) is 14.4. The normalized spacial score (nSPS) is 19.0. The summed E-state index contributed by atoms with van der Waals surface area (Å²) < 4.78 is 28.6. The molecule has 0 bridgehead atoms. The quantitative estimate of drug-likeness (QED) is 0.805. The number of H-pyrrole nitrogens is 1. The van der Waals surface area contributed by atoms with Gasteiger partial charge in [0.05, 0.1) is 0 Å². The van der Waals surface area contributed by atoms with Gasteiger partial charge in [-0.2, -0.15) is 0 Å². The summed E-state index contributed by atoms with van der Waals surface area (Å²) in [5.74, 6) is -3.17. The van der Waals surface area contributed by atoms with Crippen LogP contribution in [0, 0.1) is 0 Å². The number of piperazine rings is 1. The van der Waals surface area contributed by atoms with E-state index in [0.29, 0.717) is 31.7 Å². The number of alkyl halides is 2. The van der Waals surface area contributed by atoms with E-state index in [1.165, 1.54) is 0 Å². The summed E-state index contributed by atoms with van der Waals surface area (Å²) in [6, 6.07) is 6.13. The van der Waals surface area contributed by atoms with E-state index in [4.69, 9.17) is 5.11 Å². The number of halogens is 2. The molecule has 1 saturated heterocycles. The van der Waals surface area contributed by atoms with Crippen molar-refractivity contribution in [3.63, 3.8) is 0 Å². The van der Waals surface area contributed by atoms with Gasteiger partial charge >= 0.3 is 0 Å². The number of nitrogens with one attached hydrogen (secondary N) is 2. The Morgan fingerprint density at radius 1 is 1.24 bits per heavy atom. The van der Waals surface area contributed by atoms with Crippen LogP contribution < -0.4 is 5.32 Å². The maximum absolute atomic E-state index is 14.3. The van der Waals surface area contributed by atoms with E-state index in [2.05, 4.69) is 10.3 Å². The van der Waals surface area contributed by atoms with E-state index in [1.807, 2.05) is 12.1 Å². The molecule has 2 aromatic rings. The second-order valence-electron chi connectivity index (χ2n) is 5.43. The van der Waals surface area contributed by atoms with Crippen LogP contribution in [0.2, 0.25) is 0 Å². The van der Waals surface area contributed by atoms with Crippen LogP contribution in [0.1, 0.15) is 11.6 Å². The third-order valence-corrected chi connectivity index (χ3v) is 4.02. The van der Waals surface area contributed by atoms with Gasteiger partial charge in [0.25, 0.3) is 5.92 Å². The Morgan fingerprint density at radius 3 is 2.71 bits per heavy atom. The Morgan fingerprint density at radius 2 is 2.00 bits per heavy atom. The molecular formula is C15H19F2N3O. The van der Waals surface area contributed by atoms with Gasteiger partial charge in [-0.05, 0) is 23.1 Å². The molecule has 1 atom stereocenters. The molecule has 114 valence electrons. The summed E-state index contributed by atoms with van der Waals surface area (Å²) in [5.41, 5.74) is 1.37. The van der Waals surface area contributed by atoms with Crippen LogP contribution in [0.25, 0.3) is 10.9 Å². The van der Waals surface area contributed by atoms with Crippen molar-refractivity contribution in [2.75, 3.05) is 32.8 Å². The number of nitrogens with zero attached hydrogens (tertiary/aromatic N) is 1. The molecule has 0 saturated carbocycles. The summed E-state index contributed by atoms with van der Waals surface area (Å²) in [6.07, 6.45) is 1.79. The molecule has 0 spiro atoms. The summed E-state index contributed by atoms with van der Waals surface area (Å²) >= 11 is 0. The molecule has 1 fully saturated rings. The maximum Gasteiger partial charge on any atom is 0.289 e. The lowest BCUT2D eigenvalue weighted by molar-refractivity contribution is -0.118. The van der Waals surface area contributed by atoms with Crippen LogP contribution in [0.5, 0.6) is 0 Å². The zero-order valence-electron chi connectivity index (χ0n) is 11.6. The Balaban J connectivity index is 2.00. The molecule has 3 rings (SSSR count). The minimum Gasteiger partial charge on any atom is -0.390 e. The maximum atomic E-state index is 14.3. The van der Waals surface area contributed by atoms with Gasteiger partial charge in [0.15, 0.2) is 0 Å². The van der Waals surface area contributed by atoms with Gasteiger partial charge in [-0.3, -0.25) is 4.90 Å². The zero-order chi connectivity index (χ0) is 14.9. The Bertz CT molecular complexity index is 608. The molecule has 0 amide bonds. The average Bonchev–Trinajstić information content (AvgIpc) is 2.96. The molecule has 0 aliphatic carbocycles. The van der Waals surface area contributed by atoms with Gasteiger partial charge in [-0.1, -0.05) is 12.1 Å². The number of fused-ring (bicyclic) bond motifs is 1. The van der Waals surface area contributed by atoms with Crippen molar-refractivity contribution >= 4 is 10.9 Å². The van der Waals surface area contributed by atoms with Gasteiger partial charge in [0.2, 0.25) is 0 Å². The summed E-state index contributed by atoms with van der Waals surface area (Å²) in [6.45, 7) is 1.31. The fourth-order valence-corrected chi connectivity index (χ4v) is 2.98. The highest BCUT2D eigenvalue weighted by Crippen LogP contribution is 2.37. The van der Waals surface area contributed by atoms with Crippen molar-refractivity contribution in [3.8, 4) is 0 Å². The molecule has 3 N–H and O–H groups in total. The molecule has 21 heavy (non-hydrogen) atoms. The first-order chi connectivity index (χ1) is 10.1. The van der Waals surface area contributed by atoms with Gasteiger partial charge in [0.1, 0.15) is 12.6 Å². The number of benzene rings is 1. The van der Waals surface area contributed by atoms with Crippen molar-refractivity contribution < 1.29 is 13.9 Å².